The third-order valence-corrected chi connectivity index (χ3v) is 4.52. The lowest BCUT2D eigenvalue weighted by Gasteiger charge is -2.17. The van der Waals surface area contributed by atoms with E-state index in [1.54, 1.807) is 11.3 Å². The van der Waals surface area contributed by atoms with E-state index in [1.807, 2.05) is 0 Å². The molecule has 1 nitrogen and oxygen atoms in total. The molecule has 0 aliphatic heterocycles. The Balaban J connectivity index is 2.13. The van der Waals surface area contributed by atoms with Gasteiger partial charge in [0.15, 0.2) is 0 Å². The van der Waals surface area contributed by atoms with Crippen LogP contribution >= 0.6 is 27.3 Å². The number of aryl methyl sites for hydroxylation is 1. The molecule has 0 bridgehead atoms. The third-order valence-electron chi connectivity index (χ3n) is 3.00. The maximum Gasteiger partial charge on any atom is 0.0701 e. The van der Waals surface area contributed by atoms with Crippen molar-refractivity contribution in [1.29, 1.82) is 0 Å². The molecule has 1 aromatic carbocycles. The van der Waals surface area contributed by atoms with E-state index in [-0.39, 0.29) is 0 Å². The van der Waals surface area contributed by atoms with E-state index >= 15 is 0 Å². The van der Waals surface area contributed by atoms with Gasteiger partial charge in [0.25, 0.3) is 0 Å². The van der Waals surface area contributed by atoms with Gasteiger partial charge in [-0.15, -0.1) is 11.3 Å². The molecule has 2 rings (SSSR count). The normalized spacial score (nSPS) is 12.6. The van der Waals surface area contributed by atoms with Crippen LogP contribution in [0.15, 0.2) is 39.5 Å². The number of likely N-dealkylation sites (N-methyl/N-ethyl adjacent to an activating group) is 1. The summed E-state index contributed by atoms with van der Waals surface area (Å²) in [5.41, 5.74) is 4.07. The van der Waals surface area contributed by atoms with Crippen molar-refractivity contribution in [2.45, 2.75) is 26.3 Å². The summed E-state index contributed by atoms with van der Waals surface area (Å²) in [5.74, 6) is 0. The summed E-state index contributed by atoms with van der Waals surface area (Å²) >= 11 is 5.29. The Bertz CT molecular complexity index is 489. The number of hydrogen-bond acceptors (Lipinski definition) is 2. The number of nitrogens with one attached hydrogen (secondary N) is 1. The lowest BCUT2D eigenvalue weighted by Crippen LogP contribution is -2.22. The molecule has 0 fully saturated rings. The number of benzene rings is 1. The van der Waals surface area contributed by atoms with Gasteiger partial charge in [0.2, 0.25) is 0 Å². The van der Waals surface area contributed by atoms with Crippen molar-refractivity contribution in [3.8, 4) is 0 Å². The van der Waals surface area contributed by atoms with Gasteiger partial charge in [-0.3, -0.25) is 0 Å². The first-order valence-corrected chi connectivity index (χ1v) is 7.89. The number of halogens is 1. The Labute approximate surface area is 121 Å². The molecular formula is C15H18BrNS. The topological polar surface area (TPSA) is 12.0 Å². The Hall–Kier alpha value is -0.640. The summed E-state index contributed by atoms with van der Waals surface area (Å²) in [4.78, 5) is 0. The van der Waals surface area contributed by atoms with Gasteiger partial charge in [0.1, 0.15) is 0 Å². The highest BCUT2D eigenvalue weighted by atomic mass is 79.9. The highest BCUT2D eigenvalue weighted by Gasteiger charge is 2.12. The van der Waals surface area contributed by atoms with Crippen molar-refractivity contribution >= 4 is 27.3 Å². The van der Waals surface area contributed by atoms with Crippen LogP contribution in [0.2, 0.25) is 0 Å². The Morgan fingerprint density at radius 1 is 1.28 bits per heavy atom. The number of thiophene rings is 1. The Kier molecular flexibility index (Phi) is 4.98. The molecule has 96 valence electrons. The average Bonchev–Trinajstić information content (AvgIpc) is 2.78. The van der Waals surface area contributed by atoms with Crippen LogP contribution in [-0.2, 0) is 6.42 Å². The smallest absolute Gasteiger partial charge is 0.0701 e. The molecule has 0 aliphatic rings. The molecule has 3 heteroatoms. The zero-order valence-electron chi connectivity index (χ0n) is 10.7. The quantitative estimate of drug-likeness (QED) is 0.840. The maximum atomic E-state index is 3.56. The molecule has 0 saturated carbocycles. The van der Waals surface area contributed by atoms with Crippen molar-refractivity contribution in [2.75, 3.05) is 6.54 Å². The molecular weight excluding hydrogens is 306 g/mol. The molecule has 1 unspecified atom stereocenters. The second-order valence-corrected chi connectivity index (χ2v) is 6.77. The molecule has 1 atom stereocenters. The summed E-state index contributed by atoms with van der Waals surface area (Å²) < 4.78 is 1.20. The fraction of sp³-hybridized carbons (Fsp3) is 0.333. The minimum Gasteiger partial charge on any atom is -0.310 e. The molecule has 0 amide bonds. The van der Waals surface area contributed by atoms with Crippen molar-refractivity contribution in [3.63, 3.8) is 0 Å². The lowest BCUT2D eigenvalue weighted by molar-refractivity contribution is 0.551. The van der Waals surface area contributed by atoms with Gasteiger partial charge in [0.05, 0.1) is 3.79 Å². The molecule has 1 N–H and O–H groups in total. The van der Waals surface area contributed by atoms with Crippen LogP contribution in [0.5, 0.6) is 0 Å². The van der Waals surface area contributed by atoms with Crippen LogP contribution in [0, 0.1) is 6.92 Å². The van der Waals surface area contributed by atoms with Crippen LogP contribution < -0.4 is 5.32 Å². The van der Waals surface area contributed by atoms with Gasteiger partial charge < -0.3 is 5.32 Å². The molecule has 0 saturated heterocycles. The van der Waals surface area contributed by atoms with E-state index in [2.05, 4.69) is 70.8 Å². The summed E-state index contributed by atoms with van der Waals surface area (Å²) in [6.45, 7) is 5.27. The van der Waals surface area contributed by atoms with Crippen LogP contribution in [-0.4, -0.2) is 6.54 Å². The van der Waals surface area contributed by atoms with Crippen molar-refractivity contribution in [2.24, 2.45) is 0 Å². The fourth-order valence-corrected chi connectivity index (χ4v) is 3.25. The van der Waals surface area contributed by atoms with Crippen LogP contribution in [0.4, 0.5) is 0 Å². The summed E-state index contributed by atoms with van der Waals surface area (Å²) in [6.07, 6.45) is 1.04. The second kappa shape index (κ2) is 6.50. The Morgan fingerprint density at radius 2 is 2.00 bits per heavy atom. The maximum absolute atomic E-state index is 3.56. The molecule has 0 spiro atoms. The predicted octanol–water partition coefficient (Wildman–Crippen LogP) is 4.71. The zero-order chi connectivity index (χ0) is 13.0. The summed E-state index contributed by atoms with van der Waals surface area (Å²) in [7, 11) is 0. The first-order valence-electron chi connectivity index (χ1n) is 6.22. The minimum atomic E-state index is 0.403. The molecule has 2 aromatic rings. The first kappa shape index (κ1) is 13.8. The van der Waals surface area contributed by atoms with Gasteiger partial charge in [-0.25, -0.2) is 0 Å². The van der Waals surface area contributed by atoms with Crippen molar-refractivity contribution in [3.05, 3.63) is 56.2 Å². The highest BCUT2D eigenvalue weighted by molar-refractivity contribution is 9.11. The zero-order valence-corrected chi connectivity index (χ0v) is 13.1. The van der Waals surface area contributed by atoms with Gasteiger partial charge >= 0.3 is 0 Å². The molecule has 18 heavy (non-hydrogen) atoms. The molecule has 0 aliphatic carbocycles. The first-order chi connectivity index (χ1) is 8.69. The average molecular weight is 324 g/mol. The standard InChI is InChI=1S/C15H18BrNS/c1-3-17-14(13-9-15(16)18-10-13)8-12-6-4-11(2)5-7-12/h4-7,9-10,14,17H,3,8H2,1-2H3. The highest BCUT2D eigenvalue weighted by Crippen LogP contribution is 2.27. The summed E-state index contributed by atoms with van der Waals surface area (Å²) in [5, 5.41) is 5.79. The van der Waals surface area contributed by atoms with Crippen molar-refractivity contribution in [1.82, 2.24) is 5.32 Å². The number of rotatable bonds is 5. The fourth-order valence-electron chi connectivity index (χ4n) is 2.02. The van der Waals surface area contributed by atoms with Crippen LogP contribution in [0.1, 0.15) is 29.7 Å². The lowest BCUT2D eigenvalue weighted by atomic mass is 10.0. The van der Waals surface area contributed by atoms with Gasteiger partial charge in [-0.1, -0.05) is 36.8 Å². The molecule has 1 heterocycles. The Morgan fingerprint density at radius 3 is 2.56 bits per heavy atom. The number of hydrogen-bond donors (Lipinski definition) is 1. The van der Waals surface area contributed by atoms with Gasteiger partial charge in [-0.2, -0.15) is 0 Å². The van der Waals surface area contributed by atoms with Gasteiger partial charge in [0, 0.05) is 6.04 Å². The predicted molar refractivity (Wildman–Crippen MR) is 83.3 cm³/mol. The minimum absolute atomic E-state index is 0.403. The van der Waals surface area contributed by atoms with Crippen molar-refractivity contribution < 1.29 is 0 Å². The van der Waals surface area contributed by atoms with E-state index in [1.165, 1.54) is 20.5 Å². The molecule has 1 aromatic heterocycles. The second-order valence-electron chi connectivity index (χ2n) is 4.48. The van der Waals surface area contributed by atoms with E-state index in [9.17, 15) is 0 Å². The summed E-state index contributed by atoms with van der Waals surface area (Å²) in [6, 6.07) is 11.4. The monoisotopic (exact) mass is 323 g/mol. The van der Waals surface area contributed by atoms with E-state index in [4.69, 9.17) is 0 Å². The molecule has 0 radical (unpaired) electrons. The largest absolute Gasteiger partial charge is 0.310 e. The SMILES string of the molecule is CCNC(Cc1ccc(C)cc1)c1csc(Br)c1. The van der Waals surface area contributed by atoms with Crippen LogP contribution in [0.25, 0.3) is 0 Å². The van der Waals surface area contributed by atoms with E-state index in [0.717, 1.165) is 13.0 Å². The van der Waals surface area contributed by atoms with E-state index in [0.29, 0.717) is 6.04 Å². The third kappa shape index (κ3) is 3.67. The van der Waals surface area contributed by atoms with E-state index < -0.39 is 0 Å². The van der Waals surface area contributed by atoms with Crippen LogP contribution in [0.3, 0.4) is 0 Å². The van der Waals surface area contributed by atoms with Gasteiger partial charge in [-0.05, 0) is 58.4 Å².